The average Bonchev–Trinajstić information content (AvgIpc) is 2.99. The number of hydrogen-bond donors (Lipinski definition) is 1. The number of nitrogens with zero attached hydrogens (tertiary/aromatic N) is 4. The fourth-order valence-corrected chi connectivity index (χ4v) is 2.71. The highest BCUT2D eigenvalue weighted by Gasteiger charge is 2.12. The van der Waals surface area contributed by atoms with Crippen LogP contribution in [0.2, 0.25) is 0 Å². The third-order valence-electron chi connectivity index (χ3n) is 4.00. The molecule has 2 rings (SSSR count). The third-order valence-corrected chi connectivity index (χ3v) is 4.00. The van der Waals surface area contributed by atoms with Gasteiger partial charge in [0.25, 0.3) is 0 Å². The minimum absolute atomic E-state index is 0.00982. The van der Waals surface area contributed by atoms with Crippen molar-refractivity contribution in [3.63, 3.8) is 0 Å². The zero-order chi connectivity index (χ0) is 16.1. The molecule has 2 aromatic rings. The van der Waals surface area contributed by atoms with E-state index in [0.29, 0.717) is 6.54 Å². The highest BCUT2D eigenvalue weighted by Crippen LogP contribution is 2.13. The van der Waals surface area contributed by atoms with Crippen LogP contribution in [0.15, 0.2) is 12.4 Å². The van der Waals surface area contributed by atoms with Crippen molar-refractivity contribution in [1.82, 2.24) is 24.6 Å². The molecule has 0 aliphatic carbocycles. The standard InChI is InChI=1S/C16H25N5O/c1-5-15-12(2)19-21(13(15)3)11-16(22)18-7-6-9-20-10-8-17-14(20)4/h8,10H,5-7,9,11H2,1-4H3,(H,18,22). The lowest BCUT2D eigenvalue weighted by atomic mass is 10.1. The van der Waals surface area contributed by atoms with Gasteiger partial charge in [0.1, 0.15) is 12.4 Å². The molecule has 0 aromatic carbocycles. The van der Waals surface area contributed by atoms with Crippen molar-refractivity contribution in [2.24, 2.45) is 0 Å². The lowest BCUT2D eigenvalue weighted by Gasteiger charge is -2.08. The van der Waals surface area contributed by atoms with Gasteiger partial charge in [-0.1, -0.05) is 6.92 Å². The van der Waals surface area contributed by atoms with Crippen molar-refractivity contribution < 1.29 is 4.79 Å². The van der Waals surface area contributed by atoms with Crippen LogP contribution >= 0.6 is 0 Å². The molecule has 0 bridgehead atoms. The van der Waals surface area contributed by atoms with Gasteiger partial charge in [0.15, 0.2) is 0 Å². The summed E-state index contributed by atoms with van der Waals surface area (Å²) in [4.78, 5) is 16.2. The van der Waals surface area contributed by atoms with Crippen molar-refractivity contribution >= 4 is 5.91 Å². The molecule has 22 heavy (non-hydrogen) atoms. The van der Waals surface area contributed by atoms with E-state index in [2.05, 4.69) is 26.9 Å². The summed E-state index contributed by atoms with van der Waals surface area (Å²) in [7, 11) is 0. The van der Waals surface area contributed by atoms with E-state index in [0.717, 1.165) is 36.6 Å². The maximum absolute atomic E-state index is 12.0. The Kier molecular flexibility index (Phi) is 5.35. The predicted molar refractivity (Wildman–Crippen MR) is 85.7 cm³/mol. The van der Waals surface area contributed by atoms with E-state index in [1.165, 1.54) is 5.56 Å². The lowest BCUT2D eigenvalue weighted by molar-refractivity contribution is -0.121. The summed E-state index contributed by atoms with van der Waals surface area (Å²) in [5.74, 6) is 1.01. The van der Waals surface area contributed by atoms with Crippen LogP contribution in [0, 0.1) is 20.8 Å². The van der Waals surface area contributed by atoms with Crippen LogP contribution in [-0.4, -0.2) is 31.8 Å². The molecule has 120 valence electrons. The molecule has 0 aliphatic heterocycles. The third kappa shape index (κ3) is 3.75. The summed E-state index contributed by atoms with van der Waals surface area (Å²) >= 11 is 0. The number of imidazole rings is 1. The van der Waals surface area contributed by atoms with E-state index in [-0.39, 0.29) is 12.5 Å². The van der Waals surface area contributed by atoms with Crippen molar-refractivity contribution in [3.8, 4) is 0 Å². The largest absolute Gasteiger partial charge is 0.354 e. The number of aryl methyl sites for hydroxylation is 3. The van der Waals surface area contributed by atoms with Crippen LogP contribution < -0.4 is 5.32 Å². The van der Waals surface area contributed by atoms with E-state index in [1.54, 1.807) is 10.9 Å². The van der Waals surface area contributed by atoms with Gasteiger partial charge in [0, 0.05) is 31.2 Å². The average molecular weight is 303 g/mol. The first-order valence-electron chi connectivity index (χ1n) is 7.80. The van der Waals surface area contributed by atoms with Crippen molar-refractivity contribution in [2.45, 2.75) is 53.6 Å². The molecule has 1 amide bonds. The second-order valence-corrected chi connectivity index (χ2v) is 5.53. The highest BCUT2D eigenvalue weighted by molar-refractivity contribution is 5.75. The summed E-state index contributed by atoms with van der Waals surface area (Å²) in [6.07, 6.45) is 5.59. The van der Waals surface area contributed by atoms with E-state index >= 15 is 0 Å². The Morgan fingerprint density at radius 3 is 2.68 bits per heavy atom. The van der Waals surface area contributed by atoms with Crippen LogP contribution in [0.3, 0.4) is 0 Å². The Morgan fingerprint density at radius 1 is 1.32 bits per heavy atom. The van der Waals surface area contributed by atoms with Gasteiger partial charge < -0.3 is 9.88 Å². The van der Waals surface area contributed by atoms with Crippen LogP contribution in [0.5, 0.6) is 0 Å². The van der Waals surface area contributed by atoms with Gasteiger partial charge in [-0.05, 0) is 39.2 Å². The number of rotatable bonds is 7. The molecule has 0 spiro atoms. The maximum atomic E-state index is 12.0. The summed E-state index contributed by atoms with van der Waals surface area (Å²) in [6, 6.07) is 0. The van der Waals surface area contributed by atoms with Crippen LogP contribution in [0.25, 0.3) is 0 Å². The molecule has 0 atom stereocenters. The topological polar surface area (TPSA) is 64.7 Å². The molecule has 2 heterocycles. The highest BCUT2D eigenvalue weighted by atomic mass is 16.2. The van der Waals surface area contributed by atoms with Gasteiger partial charge >= 0.3 is 0 Å². The first-order chi connectivity index (χ1) is 10.5. The van der Waals surface area contributed by atoms with Crippen LogP contribution in [0.4, 0.5) is 0 Å². The molecular weight excluding hydrogens is 278 g/mol. The van der Waals surface area contributed by atoms with Gasteiger partial charge in [0.2, 0.25) is 5.91 Å². The number of amides is 1. The second-order valence-electron chi connectivity index (χ2n) is 5.53. The number of hydrogen-bond acceptors (Lipinski definition) is 3. The molecule has 0 aliphatic rings. The molecule has 0 unspecified atom stereocenters. The molecular formula is C16H25N5O. The van der Waals surface area contributed by atoms with Gasteiger partial charge in [-0.3, -0.25) is 9.48 Å². The summed E-state index contributed by atoms with van der Waals surface area (Å²) in [5, 5.41) is 7.40. The first kappa shape index (κ1) is 16.3. The van der Waals surface area contributed by atoms with Crippen LogP contribution in [-0.2, 0) is 24.3 Å². The molecule has 1 N–H and O–H groups in total. The summed E-state index contributed by atoms with van der Waals surface area (Å²) in [5.41, 5.74) is 3.34. The van der Waals surface area contributed by atoms with Crippen molar-refractivity contribution in [3.05, 3.63) is 35.2 Å². The Bertz CT molecular complexity index is 641. The van der Waals surface area contributed by atoms with E-state index < -0.39 is 0 Å². The number of nitrogens with one attached hydrogen (secondary N) is 1. The molecule has 0 saturated carbocycles. The number of aromatic nitrogens is 4. The molecule has 0 fully saturated rings. The monoisotopic (exact) mass is 303 g/mol. The SMILES string of the molecule is CCc1c(C)nn(CC(=O)NCCCn2ccnc2C)c1C. The Morgan fingerprint density at radius 2 is 2.09 bits per heavy atom. The quantitative estimate of drug-likeness (QED) is 0.793. The Labute approximate surface area is 131 Å². The zero-order valence-corrected chi connectivity index (χ0v) is 13.9. The zero-order valence-electron chi connectivity index (χ0n) is 13.9. The first-order valence-corrected chi connectivity index (χ1v) is 7.80. The van der Waals surface area contributed by atoms with Crippen molar-refractivity contribution in [1.29, 1.82) is 0 Å². The normalized spacial score (nSPS) is 10.9. The molecule has 2 aromatic heterocycles. The van der Waals surface area contributed by atoms with E-state index in [4.69, 9.17) is 0 Å². The van der Waals surface area contributed by atoms with Gasteiger partial charge in [-0.2, -0.15) is 5.10 Å². The Hall–Kier alpha value is -2.11. The van der Waals surface area contributed by atoms with Gasteiger partial charge in [-0.15, -0.1) is 0 Å². The fraction of sp³-hybridized carbons (Fsp3) is 0.562. The fourth-order valence-electron chi connectivity index (χ4n) is 2.71. The second kappa shape index (κ2) is 7.24. The summed E-state index contributed by atoms with van der Waals surface area (Å²) < 4.78 is 3.88. The minimum Gasteiger partial charge on any atom is -0.354 e. The van der Waals surface area contributed by atoms with E-state index in [1.807, 2.05) is 27.0 Å². The smallest absolute Gasteiger partial charge is 0.241 e. The van der Waals surface area contributed by atoms with Gasteiger partial charge in [0.05, 0.1) is 5.69 Å². The Balaban J connectivity index is 1.77. The summed E-state index contributed by atoms with van der Waals surface area (Å²) in [6.45, 7) is 9.92. The maximum Gasteiger partial charge on any atom is 0.241 e. The number of carbonyl (C=O) groups is 1. The van der Waals surface area contributed by atoms with E-state index in [9.17, 15) is 4.79 Å². The lowest BCUT2D eigenvalue weighted by Crippen LogP contribution is -2.29. The van der Waals surface area contributed by atoms with Crippen LogP contribution in [0.1, 0.15) is 36.1 Å². The molecule has 6 heteroatoms. The van der Waals surface area contributed by atoms with Crippen molar-refractivity contribution in [2.75, 3.05) is 6.54 Å². The predicted octanol–water partition coefficient (Wildman–Crippen LogP) is 1.77. The molecule has 0 saturated heterocycles. The van der Waals surface area contributed by atoms with Gasteiger partial charge in [-0.25, -0.2) is 4.98 Å². The minimum atomic E-state index is 0.00982. The number of carbonyl (C=O) groups excluding carboxylic acids is 1. The molecule has 0 radical (unpaired) electrons. The molecule has 6 nitrogen and oxygen atoms in total.